The van der Waals surface area contributed by atoms with Crippen LogP contribution in [0.5, 0.6) is 5.75 Å². The maximum Gasteiger partial charge on any atom is 0.417 e. The van der Waals surface area contributed by atoms with E-state index in [-0.39, 0.29) is 52.6 Å². The van der Waals surface area contributed by atoms with Crippen LogP contribution in [-0.2, 0) is 33.5 Å². The van der Waals surface area contributed by atoms with E-state index in [1.165, 1.54) is 36.1 Å². The molecule has 3 heterocycles. The number of fused-ring (bicyclic) bond motifs is 1. The molecule has 0 atom stereocenters. The molecule has 39 heavy (non-hydrogen) atoms. The summed E-state index contributed by atoms with van der Waals surface area (Å²) in [6.45, 7) is 6.05. The highest BCUT2D eigenvalue weighted by atomic mass is 32.2. The van der Waals surface area contributed by atoms with Crippen LogP contribution in [-0.4, -0.2) is 59.5 Å². The Labute approximate surface area is 223 Å². The molecule has 0 amide bonds. The zero-order valence-electron chi connectivity index (χ0n) is 22.2. The summed E-state index contributed by atoms with van der Waals surface area (Å²) in [5.41, 5.74) is -0.492. The Morgan fingerprint density at radius 3 is 2.31 bits per heavy atom. The van der Waals surface area contributed by atoms with Gasteiger partial charge < -0.3 is 9.47 Å². The van der Waals surface area contributed by atoms with Crippen molar-refractivity contribution in [3.8, 4) is 28.5 Å². The first-order chi connectivity index (χ1) is 18.1. The summed E-state index contributed by atoms with van der Waals surface area (Å²) in [6, 6.07) is 8.00. The van der Waals surface area contributed by atoms with E-state index < -0.39 is 21.9 Å². The standard InChI is InChI=1S/C25H28F3N5O5S/c1-24(2,3)20-14-18(32(4)31-20)23-30-22-21(33(23)38-39(6,34)35)19(37-12-11-36-5)13-17(29-22)15-9-7-8-10-16(15)25(26,27)28/h7-10,13-14H,11-12H2,1-6H3. The Balaban J connectivity index is 2.05. The Bertz CT molecular complexity index is 1620. The monoisotopic (exact) mass is 567 g/mol. The maximum absolute atomic E-state index is 13.8. The van der Waals surface area contributed by atoms with Crippen LogP contribution >= 0.6 is 0 Å². The highest BCUT2D eigenvalue weighted by Gasteiger charge is 2.34. The third-order valence-electron chi connectivity index (χ3n) is 5.69. The highest BCUT2D eigenvalue weighted by molar-refractivity contribution is 7.86. The number of rotatable bonds is 8. The van der Waals surface area contributed by atoms with Crippen LogP contribution in [0, 0.1) is 0 Å². The normalized spacial score (nSPS) is 12.7. The van der Waals surface area contributed by atoms with Crippen molar-refractivity contribution in [2.75, 3.05) is 26.6 Å². The molecule has 4 aromatic rings. The molecular weight excluding hydrogens is 539 g/mol. The second-order valence-electron chi connectivity index (χ2n) is 9.86. The first kappa shape index (κ1) is 28.4. The van der Waals surface area contributed by atoms with Crippen LogP contribution in [0.25, 0.3) is 33.9 Å². The van der Waals surface area contributed by atoms with Gasteiger partial charge >= 0.3 is 16.3 Å². The molecule has 0 aliphatic heterocycles. The van der Waals surface area contributed by atoms with Gasteiger partial charge in [0.05, 0.1) is 29.8 Å². The van der Waals surface area contributed by atoms with Gasteiger partial charge in [-0.25, -0.2) is 9.97 Å². The number of aromatic nitrogens is 5. The minimum Gasteiger partial charge on any atom is -0.489 e. The summed E-state index contributed by atoms with van der Waals surface area (Å²) >= 11 is 0. The zero-order valence-corrected chi connectivity index (χ0v) is 23.0. The molecule has 0 saturated carbocycles. The summed E-state index contributed by atoms with van der Waals surface area (Å²) < 4.78 is 84.7. The molecule has 210 valence electrons. The van der Waals surface area contributed by atoms with Gasteiger partial charge in [0.25, 0.3) is 0 Å². The lowest BCUT2D eigenvalue weighted by atomic mass is 9.92. The number of benzene rings is 1. The minimum atomic E-state index is -4.65. The Morgan fingerprint density at radius 1 is 1.03 bits per heavy atom. The molecule has 10 nitrogen and oxygen atoms in total. The van der Waals surface area contributed by atoms with Gasteiger partial charge in [0, 0.05) is 31.2 Å². The lowest BCUT2D eigenvalue weighted by molar-refractivity contribution is -0.137. The number of aryl methyl sites for hydroxylation is 1. The van der Waals surface area contributed by atoms with E-state index in [9.17, 15) is 21.6 Å². The molecule has 0 saturated heterocycles. The summed E-state index contributed by atoms with van der Waals surface area (Å²) in [5, 5.41) is 4.52. The first-order valence-corrected chi connectivity index (χ1v) is 13.6. The van der Waals surface area contributed by atoms with Gasteiger partial charge in [0.15, 0.2) is 22.7 Å². The lowest BCUT2D eigenvalue weighted by Crippen LogP contribution is -2.20. The minimum absolute atomic E-state index is 0.00430. The number of ether oxygens (including phenoxy) is 2. The number of methoxy groups -OCH3 is 1. The van der Waals surface area contributed by atoms with Crippen molar-refractivity contribution in [2.24, 2.45) is 7.05 Å². The Hall–Kier alpha value is -3.65. The molecule has 1 aromatic carbocycles. The predicted octanol–water partition coefficient (Wildman–Crippen LogP) is 4.23. The van der Waals surface area contributed by atoms with E-state index in [0.29, 0.717) is 11.4 Å². The fourth-order valence-corrected chi connectivity index (χ4v) is 4.29. The molecule has 3 aromatic heterocycles. The Morgan fingerprint density at radius 2 is 1.72 bits per heavy atom. The third kappa shape index (κ3) is 6.01. The van der Waals surface area contributed by atoms with E-state index in [1.54, 1.807) is 13.1 Å². The SMILES string of the molecule is COCCOc1cc(-c2ccccc2C(F)(F)F)nc2nc(-c3cc(C(C)(C)C)nn3C)n(OS(C)(=O)=O)c12. The lowest BCUT2D eigenvalue weighted by Gasteiger charge is -2.15. The van der Waals surface area contributed by atoms with Gasteiger partial charge in [0.1, 0.15) is 12.3 Å². The fourth-order valence-electron chi connectivity index (χ4n) is 3.87. The molecular formula is C25H28F3N5O5S. The molecule has 0 aliphatic carbocycles. The molecule has 0 aliphatic rings. The fraction of sp³-hybridized carbons (Fsp3) is 0.400. The van der Waals surface area contributed by atoms with E-state index in [2.05, 4.69) is 15.1 Å². The van der Waals surface area contributed by atoms with Crippen LogP contribution in [0.3, 0.4) is 0 Å². The van der Waals surface area contributed by atoms with Crippen molar-refractivity contribution in [3.63, 3.8) is 0 Å². The van der Waals surface area contributed by atoms with Crippen LogP contribution in [0.1, 0.15) is 32.0 Å². The number of hydrogen-bond acceptors (Lipinski definition) is 8. The number of pyridine rings is 1. The summed E-state index contributed by atoms with van der Waals surface area (Å²) in [4.78, 5) is 8.88. The smallest absolute Gasteiger partial charge is 0.417 e. The molecule has 0 spiro atoms. The van der Waals surface area contributed by atoms with Crippen molar-refractivity contribution in [1.29, 1.82) is 0 Å². The van der Waals surface area contributed by atoms with Crippen molar-refractivity contribution < 1.29 is 35.3 Å². The molecule has 0 bridgehead atoms. The van der Waals surface area contributed by atoms with Crippen molar-refractivity contribution in [2.45, 2.75) is 32.4 Å². The van der Waals surface area contributed by atoms with E-state index in [0.717, 1.165) is 17.1 Å². The molecule has 0 radical (unpaired) electrons. The van der Waals surface area contributed by atoms with Gasteiger partial charge in [-0.1, -0.05) is 39.0 Å². The predicted molar refractivity (Wildman–Crippen MR) is 138 cm³/mol. The largest absolute Gasteiger partial charge is 0.489 e. The first-order valence-electron chi connectivity index (χ1n) is 11.8. The zero-order chi connectivity index (χ0) is 28.8. The third-order valence-corrected chi connectivity index (χ3v) is 6.11. The van der Waals surface area contributed by atoms with Crippen molar-refractivity contribution >= 4 is 21.3 Å². The second-order valence-corrected chi connectivity index (χ2v) is 11.4. The molecule has 14 heteroatoms. The Kier molecular flexibility index (Phi) is 7.38. The van der Waals surface area contributed by atoms with Gasteiger partial charge in [0.2, 0.25) is 0 Å². The van der Waals surface area contributed by atoms with Gasteiger partial charge in [-0.05, 0) is 12.1 Å². The van der Waals surface area contributed by atoms with E-state index in [4.69, 9.17) is 13.8 Å². The number of halogens is 3. The second kappa shape index (κ2) is 10.2. The van der Waals surface area contributed by atoms with Crippen molar-refractivity contribution in [3.05, 3.63) is 47.7 Å². The average molecular weight is 568 g/mol. The highest BCUT2D eigenvalue weighted by Crippen LogP contribution is 2.39. The van der Waals surface area contributed by atoms with Crippen LogP contribution in [0.4, 0.5) is 13.2 Å². The molecule has 0 unspecified atom stereocenters. The van der Waals surface area contributed by atoms with Gasteiger partial charge in [-0.15, -0.1) is 4.73 Å². The maximum atomic E-state index is 13.8. The molecule has 0 fully saturated rings. The van der Waals surface area contributed by atoms with Crippen LogP contribution in [0.15, 0.2) is 36.4 Å². The molecule has 0 N–H and O–H groups in total. The number of alkyl halides is 3. The van der Waals surface area contributed by atoms with Gasteiger partial charge in [-0.2, -0.15) is 26.7 Å². The van der Waals surface area contributed by atoms with E-state index in [1.807, 2.05) is 20.8 Å². The summed E-state index contributed by atoms with van der Waals surface area (Å²) in [7, 11) is -0.982. The van der Waals surface area contributed by atoms with Crippen LogP contribution in [0.2, 0.25) is 0 Å². The number of hydrogen-bond donors (Lipinski definition) is 0. The molecule has 4 rings (SSSR count). The summed E-state index contributed by atoms with van der Waals surface area (Å²) in [6.07, 6.45) is -3.79. The summed E-state index contributed by atoms with van der Waals surface area (Å²) in [5.74, 6) is 0.0240. The van der Waals surface area contributed by atoms with Crippen molar-refractivity contribution in [1.82, 2.24) is 24.5 Å². The topological polar surface area (TPSA) is 110 Å². The van der Waals surface area contributed by atoms with Gasteiger partial charge in [-0.3, -0.25) is 8.97 Å². The average Bonchev–Trinajstić information content (AvgIpc) is 3.38. The van der Waals surface area contributed by atoms with Crippen LogP contribution < -0.4 is 9.02 Å². The van der Waals surface area contributed by atoms with E-state index >= 15 is 0 Å². The number of nitrogens with zero attached hydrogens (tertiary/aromatic N) is 5. The number of imidazole rings is 1. The quantitative estimate of drug-likeness (QED) is 0.291.